The third kappa shape index (κ3) is 2.75. The standard InChI is InChI=1S/C15H12BrN3O2/c1-21-14-5-4-11(7-12(14)16)18-15(20)9-2-3-10-8-17-19-13(10)6-9/h2-8H,1H3,(H,17,19)(H,18,20). The van der Waals surface area contributed by atoms with Gasteiger partial charge in [0.25, 0.3) is 5.91 Å². The molecule has 0 saturated carbocycles. The molecular formula is C15H12BrN3O2. The number of benzene rings is 2. The fraction of sp³-hybridized carbons (Fsp3) is 0.0667. The van der Waals surface area contributed by atoms with E-state index in [-0.39, 0.29) is 5.91 Å². The van der Waals surface area contributed by atoms with Gasteiger partial charge in [-0.25, -0.2) is 0 Å². The van der Waals surface area contributed by atoms with Crippen molar-refractivity contribution in [3.8, 4) is 5.75 Å². The number of hydrogen-bond donors (Lipinski definition) is 2. The minimum atomic E-state index is -0.177. The van der Waals surface area contributed by atoms with Crippen LogP contribution in [-0.2, 0) is 0 Å². The number of halogens is 1. The summed E-state index contributed by atoms with van der Waals surface area (Å²) in [6, 6.07) is 10.8. The number of nitrogens with one attached hydrogen (secondary N) is 2. The van der Waals surface area contributed by atoms with Crippen molar-refractivity contribution in [2.45, 2.75) is 0 Å². The van der Waals surface area contributed by atoms with Gasteiger partial charge in [-0.2, -0.15) is 5.10 Å². The molecule has 0 radical (unpaired) electrons. The molecule has 1 heterocycles. The number of hydrogen-bond acceptors (Lipinski definition) is 3. The molecule has 0 aliphatic heterocycles. The van der Waals surface area contributed by atoms with Crippen LogP contribution in [0.2, 0.25) is 0 Å². The Bertz CT molecular complexity index is 814. The Balaban J connectivity index is 1.83. The number of H-pyrrole nitrogens is 1. The van der Waals surface area contributed by atoms with Crippen molar-refractivity contribution in [2.24, 2.45) is 0 Å². The topological polar surface area (TPSA) is 67.0 Å². The largest absolute Gasteiger partial charge is 0.496 e. The van der Waals surface area contributed by atoms with E-state index in [0.717, 1.165) is 15.4 Å². The highest BCUT2D eigenvalue weighted by atomic mass is 79.9. The van der Waals surface area contributed by atoms with E-state index >= 15 is 0 Å². The van der Waals surface area contributed by atoms with Gasteiger partial charge in [0.1, 0.15) is 5.75 Å². The van der Waals surface area contributed by atoms with Gasteiger partial charge in [-0.05, 0) is 46.3 Å². The number of aromatic nitrogens is 2. The summed E-state index contributed by atoms with van der Waals surface area (Å²) in [5.74, 6) is 0.537. The molecule has 21 heavy (non-hydrogen) atoms. The summed E-state index contributed by atoms with van der Waals surface area (Å²) < 4.78 is 5.94. The molecule has 0 atom stereocenters. The Morgan fingerprint density at radius 3 is 2.90 bits per heavy atom. The zero-order chi connectivity index (χ0) is 14.8. The van der Waals surface area contributed by atoms with Crippen molar-refractivity contribution in [3.63, 3.8) is 0 Å². The normalized spacial score (nSPS) is 10.6. The predicted molar refractivity (Wildman–Crippen MR) is 84.7 cm³/mol. The van der Waals surface area contributed by atoms with Crippen LogP contribution in [0.4, 0.5) is 5.69 Å². The van der Waals surface area contributed by atoms with Gasteiger partial charge in [0.05, 0.1) is 23.3 Å². The summed E-state index contributed by atoms with van der Waals surface area (Å²) in [5.41, 5.74) is 2.09. The van der Waals surface area contributed by atoms with Crippen LogP contribution < -0.4 is 10.1 Å². The predicted octanol–water partition coefficient (Wildman–Crippen LogP) is 3.59. The van der Waals surface area contributed by atoms with Gasteiger partial charge in [0.15, 0.2) is 0 Å². The Kier molecular flexibility index (Phi) is 3.62. The highest BCUT2D eigenvalue weighted by Gasteiger charge is 2.09. The first-order valence-electron chi connectivity index (χ1n) is 6.25. The third-order valence-electron chi connectivity index (χ3n) is 3.11. The van der Waals surface area contributed by atoms with Crippen LogP contribution in [0.5, 0.6) is 5.75 Å². The third-order valence-corrected chi connectivity index (χ3v) is 3.73. The fourth-order valence-corrected chi connectivity index (χ4v) is 2.57. The van der Waals surface area contributed by atoms with E-state index < -0.39 is 0 Å². The van der Waals surface area contributed by atoms with Crippen LogP contribution in [0.3, 0.4) is 0 Å². The lowest BCUT2D eigenvalue weighted by Gasteiger charge is -2.08. The molecule has 1 amide bonds. The lowest BCUT2D eigenvalue weighted by atomic mass is 10.1. The number of nitrogens with zero attached hydrogens (tertiary/aromatic N) is 1. The van der Waals surface area contributed by atoms with Crippen LogP contribution in [0.1, 0.15) is 10.4 Å². The summed E-state index contributed by atoms with van der Waals surface area (Å²) >= 11 is 3.39. The maximum Gasteiger partial charge on any atom is 0.255 e. The van der Waals surface area contributed by atoms with E-state index in [4.69, 9.17) is 4.74 Å². The van der Waals surface area contributed by atoms with Gasteiger partial charge in [-0.3, -0.25) is 9.89 Å². The molecule has 3 aromatic rings. The molecule has 106 valence electrons. The Morgan fingerprint density at radius 1 is 1.29 bits per heavy atom. The van der Waals surface area contributed by atoms with Crippen molar-refractivity contribution < 1.29 is 9.53 Å². The van der Waals surface area contributed by atoms with E-state index in [1.165, 1.54) is 0 Å². The smallest absolute Gasteiger partial charge is 0.255 e. The van der Waals surface area contributed by atoms with Crippen molar-refractivity contribution in [3.05, 3.63) is 52.6 Å². The number of carbonyl (C=O) groups excluding carboxylic acids is 1. The average molecular weight is 346 g/mol. The molecular weight excluding hydrogens is 334 g/mol. The van der Waals surface area contributed by atoms with Crippen molar-refractivity contribution >= 4 is 38.4 Å². The quantitative estimate of drug-likeness (QED) is 0.762. The first-order chi connectivity index (χ1) is 10.2. The maximum absolute atomic E-state index is 12.3. The zero-order valence-electron chi connectivity index (χ0n) is 11.2. The highest BCUT2D eigenvalue weighted by Crippen LogP contribution is 2.28. The minimum Gasteiger partial charge on any atom is -0.496 e. The second-order valence-corrected chi connectivity index (χ2v) is 5.33. The molecule has 5 nitrogen and oxygen atoms in total. The lowest BCUT2D eigenvalue weighted by molar-refractivity contribution is 0.102. The molecule has 0 aliphatic carbocycles. The number of aromatic amines is 1. The monoisotopic (exact) mass is 345 g/mol. The summed E-state index contributed by atoms with van der Waals surface area (Å²) in [6.45, 7) is 0. The van der Waals surface area contributed by atoms with Crippen molar-refractivity contribution in [2.75, 3.05) is 12.4 Å². The highest BCUT2D eigenvalue weighted by molar-refractivity contribution is 9.10. The molecule has 3 rings (SSSR count). The maximum atomic E-state index is 12.3. The number of fused-ring (bicyclic) bond motifs is 1. The second-order valence-electron chi connectivity index (χ2n) is 4.48. The number of amides is 1. The fourth-order valence-electron chi connectivity index (χ4n) is 2.03. The van der Waals surface area contributed by atoms with E-state index in [2.05, 4.69) is 31.4 Å². The van der Waals surface area contributed by atoms with Crippen LogP contribution in [0.15, 0.2) is 47.1 Å². The van der Waals surface area contributed by atoms with Crippen LogP contribution in [0.25, 0.3) is 10.9 Å². The second kappa shape index (κ2) is 5.57. The molecule has 6 heteroatoms. The van der Waals surface area contributed by atoms with E-state index in [1.54, 1.807) is 43.6 Å². The van der Waals surface area contributed by atoms with Crippen molar-refractivity contribution in [1.29, 1.82) is 0 Å². The van der Waals surface area contributed by atoms with Gasteiger partial charge in [-0.1, -0.05) is 6.07 Å². The summed E-state index contributed by atoms with van der Waals surface area (Å²) in [7, 11) is 1.60. The molecule has 0 fully saturated rings. The number of methoxy groups -OCH3 is 1. The molecule has 0 aliphatic rings. The van der Waals surface area contributed by atoms with E-state index in [9.17, 15) is 4.79 Å². The number of rotatable bonds is 3. The van der Waals surface area contributed by atoms with Gasteiger partial charge >= 0.3 is 0 Å². The average Bonchev–Trinajstić information content (AvgIpc) is 2.94. The van der Waals surface area contributed by atoms with E-state index in [0.29, 0.717) is 17.0 Å². The Hall–Kier alpha value is -2.34. The van der Waals surface area contributed by atoms with Gasteiger partial charge in [0.2, 0.25) is 0 Å². The minimum absolute atomic E-state index is 0.177. The summed E-state index contributed by atoms with van der Waals surface area (Å²) in [5, 5.41) is 10.6. The molecule has 2 aromatic carbocycles. The molecule has 0 unspecified atom stereocenters. The summed E-state index contributed by atoms with van der Waals surface area (Å²) in [4.78, 5) is 12.3. The SMILES string of the molecule is COc1ccc(NC(=O)c2ccc3cn[nH]c3c2)cc1Br. The molecule has 0 bridgehead atoms. The Morgan fingerprint density at radius 2 is 2.14 bits per heavy atom. The Labute approximate surface area is 129 Å². The molecule has 2 N–H and O–H groups in total. The van der Waals surface area contributed by atoms with Crippen LogP contribution in [-0.4, -0.2) is 23.2 Å². The van der Waals surface area contributed by atoms with E-state index in [1.807, 2.05) is 6.07 Å². The van der Waals surface area contributed by atoms with Crippen LogP contribution >= 0.6 is 15.9 Å². The number of ether oxygens (including phenoxy) is 1. The molecule has 0 saturated heterocycles. The lowest BCUT2D eigenvalue weighted by Crippen LogP contribution is -2.11. The van der Waals surface area contributed by atoms with Crippen molar-refractivity contribution in [1.82, 2.24) is 10.2 Å². The van der Waals surface area contributed by atoms with Gasteiger partial charge in [-0.15, -0.1) is 0 Å². The first-order valence-corrected chi connectivity index (χ1v) is 7.05. The zero-order valence-corrected chi connectivity index (χ0v) is 12.8. The van der Waals surface area contributed by atoms with Gasteiger partial charge < -0.3 is 10.1 Å². The number of carbonyl (C=O) groups is 1. The summed E-state index contributed by atoms with van der Waals surface area (Å²) in [6.07, 6.45) is 1.72. The molecule has 0 spiro atoms. The first kappa shape index (κ1) is 13.6. The van der Waals surface area contributed by atoms with Gasteiger partial charge in [0, 0.05) is 16.6 Å². The molecule has 1 aromatic heterocycles. The van der Waals surface area contributed by atoms with Crippen LogP contribution in [0, 0.1) is 0 Å². The number of anilines is 1.